The van der Waals surface area contributed by atoms with Crippen LogP contribution in [0.5, 0.6) is 0 Å². The van der Waals surface area contributed by atoms with Gasteiger partial charge in [0, 0.05) is 19.5 Å². The van der Waals surface area contributed by atoms with Crippen LogP contribution in [0.4, 0.5) is 0 Å². The van der Waals surface area contributed by atoms with Crippen LogP contribution in [0.25, 0.3) is 0 Å². The van der Waals surface area contributed by atoms with Crippen molar-refractivity contribution in [1.82, 2.24) is 10.6 Å². The summed E-state index contributed by atoms with van der Waals surface area (Å²) in [6.07, 6.45) is 4.41. The zero-order chi connectivity index (χ0) is 17.1. The van der Waals surface area contributed by atoms with Gasteiger partial charge >= 0.3 is 5.97 Å². The molecule has 0 unspecified atom stereocenters. The predicted octanol–water partition coefficient (Wildman–Crippen LogP) is 2.89. The number of hydrogen-bond donors (Lipinski definition) is 2. The highest BCUT2D eigenvalue weighted by Crippen LogP contribution is 2.08. The highest BCUT2D eigenvalue weighted by Gasteiger charge is 2.15. The summed E-state index contributed by atoms with van der Waals surface area (Å²) in [5, 5.41) is 6.30. The van der Waals surface area contributed by atoms with Crippen molar-refractivity contribution in [2.24, 2.45) is 4.99 Å². The van der Waals surface area contributed by atoms with E-state index < -0.39 is 5.60 Å². The summed E-state index contributed by atoms with van der Waals surface area (Å²) in [6.45, 7) is 10.9. The number of guanidine groups is 1. The average Bonchev–Trinajstić information content (AvgIpc) is 2.95. The number of carbonyl (C=O) groups excluding carboxylic acids is 1. The molecule has 7 heteroatoms. The van der Waals surface area contributed by atoms with Gasteiger partial charge in [0.15, 0.2) is 5.96 Å². The van der Waals surface area contributed by atoms with E-state index in [-0.39, 0.29) is 36.4 Å². The monoisotopic (exact) mass is 449 g/mol. The third kappa shape index (κ3) is 11.1. The second-order valence-electron chi connectivity index (χ2n) is 5.99. The molecule has 1 aromatic heterocycles. The van der Waals surface area contributed by atoms with Crippen LogP contribution in [0.15, 0.2) is 40.5 Å². The Kier molecular flexibility index (Phi) is 11.2. The number of aliphatic imine (C=N–C) groups is 1. The smallest absolute Gasteiger partial charge is 0.308 e. The van der Waals surface area contributed by atoms with Crippen molar-refractivity contribution >= 4 is 35.9 Å². The molecule has 0 bridgehead atoms. The molecule has 1 heterocycles. The molecule has 0 aliphatic heterocycles. The number of halogens is 1. The van der Waals surface area contributed by atoms with Gasteiger partial charge in [-0.05, 0) is 32.9 Å². The normalized spacial score (nSPS) is 11.4. The Hall–Kier alpha value is -1.51. The van der Waals surface area contributed by atoms with Gasteiger partial charge in [-0.15, -0.1) is 30.6 Å². The first kappa shape index (κ1) is 22.5. The first-order chi connectivity index (χ1) is 10.9. The molecule has 0 amide bonds. The Morgan fingerprint density at radius 2 is 2.17 bits per heavy atom. The van der Waals surface area contributed by atoms with Gasteiger partial charge in [-0.3, -0.25) is 9.79 Å². The zero-order valence-electron chi connectivity index (χ0n) is 14.6. The summed E-state index contributed by atoms with van der Waals surface area (Å²) in [6, 6.07) is 3.79. The van der Waals surface area contributed by atoms with E-state index in [1.807, 2.05) is 32.9 Å². The maximum atomic E-state index is 11.7. The van der Waals surface area contributed by atoms with E-state index >= 15 is 0 Å². The van der Waals surface area contributed by atoms with E-state index in [1.165, 1.54) is 0 Å². The minimum atomic E-state index is -0.466. The van der Waals surface area contributed by atoms with E-state index in [0.29, 0.717) is 25.6 Å². The summed E-state index contributed by atoms with van der Waals surface area (Å²) in [5.41, 5.74) is -0.466. The van der Waals surface area contributed by atoms with Crippen LogP contribution in [0, 0.1) is 0 Å². The summed E-state index contributed by atoms with van der Waals surface area (Å²) in [4.78, 5) is 16.0. The van der Waals surface area contributed by atoms with Gasteiger partial charge in [0.25, 0.3) is 0 Å². The number of nitrogens with one attached hydrogen (secondary N) is 2. The van der Waals surface area contributed by atoms with E-state index in [2.05, 4.69) is 22.2 Å². The van der Waals surface area contributed by atoms with Gasteiger partial charge < -0.3 is 19.8 Å². The zero-order valence-corrected chi connectivity index (χ0v) is 17.0. The number of ether oxygens (including phenoxy) is 1. The quantitative estimate of drug-likeness (QED) is 0.210. The van der Waals surface area contributed by atoms with Crippen LogP contribution in [-0.4, -0.2) is 37.2 Å². The van der Waals surface area contributed by atoms with Gasteiger partial charge in [0.1, 0.15) is 11.4 Å². The SMILES string of the molecule is C=CCNC(=NCCC(=O)OC(C)(C)C)NCCc1ccco1.I. The lowest BCUT2D eigenvalue weighted by atomic mass is 10.2. The first-order valence-corrected chi connectivity index (χ1v) is 7.78. The van der Waals surface area contributed by atoms with E-state index in [4.69, 9.17) is 9.15 Å². The number of furan rings is 1. The van der Waals surface area contributed by atoms with Crippen LogP contribution >= 0.6 is 24.0 Å². The molecule has 0 saturated heterocycles. The summed E-state index contributed by atoms with van der Waals surface area (Å²) in [7, 11) is 0. The van der Waals surface area contributed by atoms with Gasteiger partial charge in [-0.2, -0.15) is 0 Å². The predicted molar refractivity (Wildman–Crippen MR) is 107 cm³/mol. The largest absolute Gasteiger partial charge is 0.469 e. The molecular formula is C17H28IN3O3. The second-order valence-corrected chi connectivity index (χ2v) is 5.99. The van der Waals surface area contributed by atoms with Crippen molar-refractivity contribution in [3.05, 3.63) is 36.8 Å². The fourth-order valence-corrected chi connectivity index (χ4v) is 1.75. The molecule has 136 valence electrons. The Morgan fingerprint density at radius 3 is 2.75 bits per heavy atom. The van der Waals surface area contributed by atoms with Crippen molar-refractivity contribution in [3.63, 3.8) is 0 Å². The molecule has 0 fully saturated rings. The van der Waals surface area contributed by atoms with Crippen LogP contribution in [0.3, 0.4) is 0 Å². The van der Waals surface area contributed by atoms with Crippen LogP contribution in [0.1, 0.15) is 33.0 Å². The summed E-state index contributed by atoms with van der Waals surface area (Å²) in [5.74, 6) is 1.30. The topological polar surface area (TPSA) is 75.9 Å². The van der Waals surface area contributed by atoms with E-state index in [0.717, 1.165) is 12.2 Å². The van der Waals surface area contributed by atoms with Crippen LogP contribution in [-0.2, 0) is 16.0 Å². The third-order valence-electron chi connectivity index (χ3n) is 2.66. The van der Waals surface area contributed by atoms with Crippen molar-refractivity contribution in [3.8, 4) is 0 Å². The molecule has 0 aliphatic rings. The molecule has 0 spiro atoms. The summed E-state index contributed by atoms with van der Waals surface area (Å²) >= 11 is 0. The third-order valence-corrected chi connectivity index (χ3v) is 2.66. The number of nitrogens with zero attached hydrogens (tertiary/aromatic N) is 1. The van der Waals surface area contributed by atoms with E-state index in [1.54, 1.807) is 12.3 Å². The Labute approximate surface area is 161 Å². The Bertz CT molecular complexity index is 508. The molecule has 0 radical (unpaired) electrons. The first-order valence-electron chi connectivity index (χ1n) is 7.78. The Morgan fingerprint density at radius 1 is 1.42 bits per heavy atom. The maximum Gasteiger partial charge on any atom is 0.308 e. The van der Waals surface area contributed by atoms with Gasteiger partial charge in [-0.1, -0.05) is 6.08 Å². The minimum Gasteiger partial charge on any atom is -0.469 e. The standard InChI is InChI=1S/C17H27N3O3.HI/c1-5-10-18-16(19-11-8-14-7-6-13-22-14)20-12-9-15(21)23-17(2,3)4;/h5-7,13H,1,8-12H2,2-4H3,(H2,18,19,20);1H. The number of rotatable bonds is 8. The molecule has 2 N–H and O–H groups in total. The fourth-order valence-electron chi connectivity index (χ4n) is 1.75. The summed E-state index contributed by atoms with van der Waals surface area (Å²) < 4.78 is 10.5. The van der Waals surface area contributed by atoms with Crippen molar-refractivity contribution in [2.75, 3.05) is 19.6 Å². The molecule has 1 rings (SSSR count). The lowest BCUT2D eigenvalue weighted by Gasteiger charge is -2.19. The average molecular weight is 449 g/mol. The number of hydrogen-bond acceptors (Lipinski definition) is 4. The second kappa shape index (κ2) is 11.9. The lowest BCUT2D eigenvalue weighted by molar-refractivity contribution is -0.154. The van der Waals surface area contributed by atoms with Crippen LogP contribution < -0.4 is 10.6 Å². The molecule has 1 aromatic rings. The Balaban J connectivity index is 0.00000529. The van der Waals surface area contributed by atoms with Gasteiger partial charge in [0.2, 0.25) is 0 Å². The molecule has 0 aliphatic carbocycles. The molecule has 0 atom stereocenters. The fraction of sp³-hybridized carbons (Fsp3) is 0.529. The van der Waals surface area contributed by atoms with Gasteiger partial charge in [0.05, 0.1) is 19.2 Å². The van der Waals surface area contributed by atoms with Gasteiger partial charge in [-0.25, -0.2) is 0 Å². The van der Waals surface area contributed by atoms with Crippen molar-refractivity contribution < 1.29 is 13.9 Å². The minimum absolute atomic E-state index is 0. The molecule has 0 aromatic carbocycles. The highest BCUT2D eigenvalue weighted by atomic mass is 127. The lowest BCUT2D eigenvalue weighted by Crippen LogP contribution is -2.38. The van der Waals surface area contributed by atoms with Crippen molar-refractivity contribution in [2.45, 2.75) is 39.2 Å². The van der Waals surface area contributed by atoms with Crippen LogP contribution in [0.2, 0.25) is 0 Å². The molecule has 24 heavy (non-hydrogen) atoms. The molecule has 6 nitrogen and oxygen atoms in total. The van der Waals surface area contributed by atoms with Crippen molar-refractivity contribution in [1.29, 1.82) is 0 Å². The number of carbonyl (C=O) groups is 1. The molecule has 0 saturated carbocycles. The molecular weight excluding hydrogens is 421 g/mol. The maximum absolute atomic E-state index is 11.7. The highest BCUT2D eigenvalue weighted by molar-refractivity contribution is 14.0. The van der Waals surface area contributed by atoms with E-state index in [9.17, 15) is 4.79 Å². The number of esters is 1.